The molecule has 6 heteroatoms. The van der Waals surface area contributed by atoms with E-state index in [2.05, 4.69) is 54.0 Å². The molecule has 15 heavy (non-hydrogen) atoms. The van der Waals surface area contributed by atoms with Crippen LogP contribution >= 0.6 is 15.9 Å². The monoisotopic (exact) mass is 285 g/mol. The Balaban J connectivity index is 0.000000336. The van der Waals surface area contributed by atoms with Crippen LogP contribution in [-0.4, -0.2) is 7.25 Å². The van der Waals surface area contributed by atoms with Gasteiger partial charge in [-0.15, -0.1) is 0 Å². The van der Waals surface area contributed by atoms with Gasteiger partial charge in [-0.05, 0) is 19.4 Å². The maximum Gasteiger partial charge on any atom is 0.673 e. The molecule has 0 amide bonds. The number of rotatable bonds is 1. The minimum absolute atomic E-state index is 0.466. The molecule has 0 aliphatic carbocycles. The van der Waals surface area contributed by atoms with Crippen LogP contribution in [0.4, 0.5) is 17.3 Å². The predicted molar refractivity (Wildman–Crippen MR) is 58.7 cm³/mol. The Labute approximate surface area is 94.9 Å². The van der Waals surface area contributed by atoms with Crippen LogP contribution in [0.15, 0.2) is 24.3 Å². The third-order valence-electron chi connectivity index (χ3n) is 1.54. The Morgan fingerprint density at radius 1 is 1.07 bits per heavy atom. The van der Waals surface area contributed by atoms with E-state index in [4.69, 9.17) is 0 Å². The normalized spacial score (nSPS) is 12.7. The van der Waals surface area contributed by atoms with Crippen molar-refractivity contribution in [3.63, 3.8) is 0 Å². The third kappa shape index (κ3) is 9.78. The highest BCUT2D eigenvalue weighted by molar-refractivity contribution is 9.09. The lowest BCUT2D eigenvalue weighted by atomic mass is 10.1. The number of benzene rings is 1. The molecular formula is C9H11BBrF4-. The average molecular weight is 286 g/mol. The van der Waals surface area contributed by atoms with E-state index in [0.717, 1.165) is 0 Å². The molecule has 0 saturated heterocycles. The first kappa shape index (κ1) is 14.5. The first-order chi connectivity index (χ1) is 6.70. The van der Waals surface area contributed by atoms with Gasteiger partial charge in [0.15, 0.2) is 0 Å². The highest BCUT2D eigenvalue weighted by Gasteiger charge is 2.20. The Morgan fingerprint density at radius 3 is 1.67 bits per heavy atom. The highest BCUT2D eigenvalue weighted by atomic mass is 79.9. The maximum atomic E-state index is 9.75. The highest BCUT2D eigenvalue weighted by Crippen LogP contribution is 2.21. The van der Waals surface area contributed by atoms with Crippen molar-refractivity contribution in [3.05, 3.63) is 35.4 Å². The number of hydrogen-bond donors (Lipinski definition) is 0. The summed E-state index contributed by atoms with van der Waals surface area (Å²) in [6.07, 6.45) is 0. The van der Waals surface area contributed by atoms with Gasteiger partial charge in [0.25, 0.3) is 0 Å². The second-order valence-electron chi connectivity index (χ2n) is 3.02. The van der Waals surface area contributed by atoms with Crippen LogP contribution in [0.5, 0.6) is 0 Å². The molecular weight excluding hydrogens is 275 g/mol. The van der Waals surface area contributed by atoms with Crippen molar-refractivity contribution in [2.75, 3.05) is 0 Å². The van der Waals surface area contributed by atoms with E-state index >= 15 is 0 Å². The molecule has 0 N–H and O–H groups in total. The van der Waals surface area contributed by atoms with Crippen LogP contribution < -0.4 is 0 Å². The summed E-state index contributed by atoms with van der Waals surface area (Å²) in [5.74, 6) is 0. The number of aryl methyl sites for hydroxylation is 1. The van der Waals surface area contributed by atoms with Crippen LogP contribution in [0.3, 0.4) is 0 Å². The fourth-order valence-corrected chi connectivity index (χ4v) is 1.14. The lowest BCUT2D eigenvalue weighted by molar-refractivity contribution is 0.368. The lowest BCUT2D eigenvalue weighted by Gasteiger charge is -2.02. The molecule has 0 heterocycles. The summed E-state index contributed by atoms with van der Waals surface area (Å²) >= 11 is 3.51. The molecule has 1 aromatic rings. The second kappa shape index (κ2) is 6.15. The Hall–Kier alpha value is -0.515. The van der Waals surface area contributed by atoms with Crippen molar-refractivity contribution in [1.29, 1.82) is 0 Å². The van der Waals surface area contributed by atoms with Crippen molar-refractivity contribution < 1.29 is 17.3 Å². The summed E-state index contributed by atoms with van der Waals surface area (Å²) in [7, 11) is -6.00. The van der Waals surface area contributed by atoms with Crippen LogP contribution in [0.25, 0.3) is 0 Å². The van der Waals surface area contributed by atoms with Gasteiger partial charge in [-0.2, -0.15) is 0 Å². The zero-order valence-corrected chi connectivity index (χ0v) is 9.94. The van der Waals surface area contributed by atoms with Crippen LogP contribution in [0.2, 0.25) is 0 Å². The van der Waals surface area contributed by atoms with Crippen molar-refractivity contribution >= 4 is 23.2 Å². The lowest BCUT2D eigenvalue weighted by Crippen LogP contribution is -2.02. The van der Waals surface area contributed by atoms with E-state index in [9.17, 15) is 17.3 Å². The molecule has 0 aromatic heterocycles. The molecule has 0 aliphatic heterocycles. The number of halogens is 5. The van der Waals surface area contributed by atoms with Gasteiger partial charge in [-0.1, -0.05) is 45.8 Å². The van der Waals surface area contributed by atoms with Crippen LogP contribution in [-0.2, 0) is 0 Å². The van der Waals surface area contributed by atoms with Crippen molar-refractivity contribution in [1.82, 2.24) is 0 Å². The minimum Gasteiger partial charge on any atom is -0.418 e. The van der Waals surface area contributed by atoms with Gasteiger partial charge < -0.3 is 17.3 Å². The molecule has 0 radical (unpaired) electrons. The van der Waals surface area contributed by atoms with Gasteiger partial charge in [-0.25, -0.2) is 0 Å². The zero-order chi connectivity index (χ0) is 12.1. The fourth-order valence-electron chi connectivity index (χ4n) is 0.832. The SMILES string of the molecule is Cc1ccc(C(C)Br)cc1.F[B-](F)(F)F. The molecule has 1 rings (SSSR count). The molecule has 1 aromatic carbocycles. The summed E-state index contributed by atoms with van der Waals surface area (Å²) < 4.78 is 39.0. The number of hydrogen-bond acceptors (Lipinski definition) is 0. The molecule has 86 valence electrons. The Kier molecular flexibility index (Phi) is 5.94. The first-order valence-electron chi connectivity index (χ1n) is 4.28. The molecule has 0 bridgehead atoms. The molecule has 0 fully saturated rings. The smallest absolute Gasteiger partial charge is 0.418 e. The quantitative estimate of drug-likeness (QED) is 0.397. The second-order valence-corrected chi connectivity index (χ2v) is 4.40. The molecule has 1 unspecified atom stereocenters. The van der Waals surface area contributed by atoms with E-state index < -0.39 is 7.25 Å². The van der Waals surface area contributed by atoms with Gasteiger partial charge in [0.05, 0.1) is 0 Å². The van der Waals surface area contributed by atoms with Crippen LogP contribution in [0, 0.1) is 6.92 Å². The van der Waals surface area contributed by atoms with E-state index in [1.54, 1.807) is 0 Å². The minimum atomic E-state index is -6.00. The third-order valence-corrected chi connectivity index (χ3v) is 2.07. The predicted octanol–water partition coefficient (Wildman–Crippen LogP) is 4.75. The van der Waals surface area contributed by atoms with Crippen molar-refractivity contribution in [2.24, 2.45) is 0 Å². The summed E-state index contributed by atoms with van der Waals surface area (Å²) in [5.41, 5.74) is 2.66. The van der Waals surface area contributed by atoms with Crippen molar-refractivity contribution in [2.45, 2.75) is 18.7 Å². The first-order valence-corrected chi connectivity index (χ1v) is 5.19. The molecule has 0 aliphatic rings. The van der Waals surface area contributed by atoms with E-state index in [1.807, 2.05) is 0 Å². The van der Waals surface area contributed by atoms with Gasteiger partial charge in [0.2, 0.25) is 0 Å². The summed E-state index contributed by atoms with van der Waals surface area (Å²) in [5, 5.41) is 0. The molecule has 0 nitrogen and oxygen atoms in total. The molecule has 0 saturated carbocycles. The van der Waals surface area contributed by atoms with E-state index in [1.165, 1.54) is 11.1 Å². The topological polar surface area (TPSA) is 0 Å². The standard InChI is InChI=1S/C9H11Br.BF4/c1-7-3-5-9(6-4-7)8(2)10;2-1(3,4)5/h3-6,8H,1-2H3;/q;-1. The van der Waals surface area contributed by atoms with Gasteiger partial charge in [0, 0.05) is 4.83 Å². The summed E-state index contributed by atoms with van der Waals surface area (Å²) in [6, 6.07) is 8.56. The maximum absolute atomic E-state index is 9.75. The van der Waals surface area contributed by atoms with E-state index in [-0.39, 0.29) is 0 Å². The molecule has 1 atom stereocenters. The number of alkyl halides is 1. The average Bonchev–Trinajstić information content (AvgIpc) is 2.01. The van der Waals surface area contributed by atoms with E-state index in [0.29, 0.717) is 4.83 Å². The summed E-state index contributed by atoms with van der Waals surface area (Å²) in [4.78, 5) is 0.466. The summed E-state index contributed by atoms with van der Waals surface area (Å²) in [6.45, 7) is 4.23. The van der Waals surface area contributed by atoms with Gasteiger partial charge >= 0.3 is 7.25 Å². The van der Waals surface area contributed by atoms with Gasteiger partial charge in [0.1, 0.15) is 0 Å². The van der Waals surface area contributed by atoms with Crippen LogP contribution in [0.1, 0.15) is 22.9 Å². The molecule has 0 spiro atoms. The fraction of sp³-hybridized carbons (Fsp3) is 0.333. The van der Waals surface area contributed by atoms with Crippen molar-refractivity contribution in [3.8, 4) is 0 Å². The zero-order valence-electron chi connectivity index (χ0n) is 8.35. The largest absolute Gasteiger partial charge is 0.673 e. The van der Waals surface area contributed by atoms with Gasteiger partial charge in [-0.3, -0.25) is 0 Å². The Bertz CT molecular complexity index is 275. The Morgan fingerprint density at radius 2 is 1.40 bits per heavy atom.